The highest BCUT2D eigenvalue weighted by Crippen LogP contribution is 2.34. The van der Waals surface area contributed by atoms with Crippen LogP contribution in [0.5, 0.6) is 5.75 Å². The highest BCUT2D eigenvalue weighted by Gasteiger charge is 2.18. The van der Waals surface area contributed by atoms with Crippen molar-refractivity contribution in [2.24, 2.45) is 7.05 Å². The third-order valence-corrected chi connectivity index (χ3v) is 3.63. The van der Waals surface area contributed by atoms with Gasteiger partial charge in [-0.05, 0) is 30.3 Å². The van der Waals surface area contributed by atoms with Crippen molar-refractivity contribution < 1.29 is 9.66 Å². The molecule has 0 aliphatic carbocycles. The minimum Gasteiger partial charge on any atom is -0.497 e. The van der Waals surface area contributed by atoms with Crippen LogP contribution in [0.15, 0.2) is 48.5 Å². The SMILES string of the molecule is COc1ccc2c(c1)cc(-c1ccccc1[N+](=O)[O-])n2C. The van der Waals surface area contributed by atoms with E-state index >= 15 is 0 Å². The standard InChI is InChI=1S/C16H14N2O3/c1-17-14-8-7-12(21-2)9-11(14)10-16(17)13-5-3-4-6-15(13)18(19)20/h3-10H,1-2H3. The van der Waals surface area contributed by atoms with Gasteiger partial charge in [-0.1, -0.05) is 12.1 Å². The summed E-state index contributed by atoms with van der Waals surface area (Å²) < 4.78 is 7.18. The number of aryl methyl sites for hydroxylation is 1. The van der Waals surface area contributed by atoms with Crippen molar-refractivity contribution in [1.29, 1.82) is 0 Å². The largest absolute Gasteiger partial charge is 0.497 e. The van der Waals surface area contributed by atoms with Crippen LogP contribution in [0.25, 0.3) is 22.2 Å². The van der Waals surface area contributed by atoms with Crippen molar-refractivity contribution >= 4 is 16.6 Å². The molecule has 0 saturated heterocycles. The number of hydrogen-bond acceptors (Lipinski definition) is 3. The predicted molar refractivity (Wildman–Crippen MR) is 81.6 cm³/mol. The number of nitro groups is 1. The Balaban J connectivity index is 2.26. The minimum absolute atomic E-state index is 0.107. The van der Waals surface area contributed by atoms with Gasteiger partial charge in [-0.3, -0.25) is 10.1 Å². The lowest BCUT2D eigenvalue weighted by Gasteiger charge is -2.05. The number of para-hydroxylation sites is 1. The number of nitro benzene ring substituents is 1. The van der Waals surface area contributed by atoms with E-state index in [9.17, 15) is 10.1 Å². The van der Waals surface area contributed by atoms with Gasteiger partial charge in [-0.25, -0.2) is 0 Å². The Bertz CT molecular complexity index is 837. The number of benzene rings is 2. The zero-order valence-electron chi connectivity index (χ0n) is 11.7. The van der Waals surface area contributed by atoms with Crippen LogP contribution in [0.1, 0.15) is 0 Å². The normalized spacial score (nSPS) is 10.8. The van der Waals surface area contributed by atoms with Crippen LogP contribution in [0.3, 0.4) is 0 Å². The van der Waals surface area contributed by atoms with E-state index in [4.69, 9.17) is 4.74 Å². The van der Waals surface area contributed by atoms with E-state index in [1.165, 1.54) is 6.07 Å². The second-order valence-corrected chi connectivity index (χ2v) is 4.79. The third-order valence-electron chi connectivity index (χ3n) is 3.63. The molecule has 0 spiro atoms. The lowest BCUT2D eigenvalue weighted by atomic mass is 10.1. The first-order valence-electron chi connectivity index (χ1n) is 6.49. The van der Waals surface area contributed by atoms with Crippen molar-refractivity contribution in [3.05, 3.63) is 58.6 Å². The topological polar surface area (TPSA) is 57.3 Å². The first kappa shape index (κ1) is 13.2. The van der Waals surface area contributed by atoms with Gasteiger partial charge in [0.15, 0.2) is 0 Å². The summed E-state index contributed by atoms with van der Waals surface area (Å²) >= 11 is 0. The summed E-state index contributed by atoms with van der Waals surface area (Å²) in [6.45, 7) is 0. The van der Waals surface area contributed by atoms with Gasteiger partial charge < -0.3 is 9.30 Å². The van der Waals surface area contributed by atoms with Crippen molar-refractivity contribution in [1.82, 2.24) is 4.57 Å². The molecule has 3 aromatic rings. The summed E-state index contributed by atoms with van der Waals surface area (Å²) in [6, 6.07) is 14.5. The van der Waals surface area contributed by atoms with Crippen molar-refractivity contribution in [2.75, 3.05) is 7.11 Å². The quantitative estimate of drug-likeness (QED) is 0.543. The van der Waals surface area contributed by atoms with Crippen LogP contribution in [0, 0.1) is 10.1 Å². The molecule has 21 heavy (non-hydrogen) atoms. The van der Waals surface area contributed by atoms with Gasteiger partial charge in [-0.2, -0.15) is 0 Å². The maximum Gasteiger partial charge on any atom is 0.278 e. The number of hydrogen-bond donors (Lipinski definition) is 0. The van der Waals surface area contributed by atoms with Crippen LogP contribution in [-0.2, 0) is 7.05 Å². The Kier molecular flexibility index (Phi) is 3.10. The van der Waals surface area contributed by atoms with Crippen LogP contribution in [0.4, 0.5) is 5.69 Å². The first-order chi connectivity index (χ1) is 10.1. The number of nitrogens with zero attached hydrogens (tertiary/aromatic N) is 2. The van der Waals surface area contributed by atoms with E-state index < -0.39 is 0 Å². The lowest BCUT2D eigenvalue weighted by Crippen LogP contribution is -1.96. The minimum atomic E-state index is -0.354. The Morgan fingerprint density at radius 1 is 1.14 bits per heavy atom. The van der Waals surface area contributed by atoms with Gasteiger partial charge in [0.05, 0.1) is 23.3 Å². The first-order valence-corrected chi connectivity index (χ1v) is 6.49. The number of ether oxygens (including phenoxy) is 1. The van der Waals surface area contributed by atoms with Crippen molar-refractivity contribution in [3.8, 4) is 17.0 Å². The van der Waals surface area contributed by atoms with E-state index in [2.05, 4.69) is 0 Å². The van der Waals surface area contributed by atoms with Gasteiger partial charge in [0.25, 0.3) is 5.69 Å². The van der Waals surface area contributed by atoms with E-state index in [1.807, 2.05) is 35.9 Å². The highest BCUT2D eigenvalue weighted by molar-refractivity contribution is 5.89. The summed E-state index contributed by atoms with van der Waals surface area (Å²) in [5.74, 6) is 0.766. The molecule has 0 aliphatic rings. The van der Waals surface area contributed by atoms with Crippen molar-refractivity contribution in [3.63, 3.8) is 0 Å². The Morgan fingerprint density at radius 2 is 1.90 bits per heavy atom. The van der Waals surface area contributed by atoms with E-state index in [0.29, 0.717) is 5.56 Å². The highest BCUT2D eigenvalue weighted by atomic mass is 16.6. The van der Waals surface area contributed by atoms with E-state index in [1.54, 1.807) is 25.3 Å². The number of methoxy groups -OCH3 is 1. The fraction of sp³-hybridized carbons (Fsp3) is 0.125. The number of fused-ring (bicyclic) bond motifs is 1. The summed E-state index contributed by atoms with van der Waals surface area (Å²) in [7, 11) is 3.52. The number of rotatable bonds is 3. The lowest BCUT2D eigenvalue weighted by molar-refractivity contribution is -0.384. The molecule has 5 nitrogen and oxygen atoms in total. The molecule has 106 valence electrons. The van der Waals surface area contributed by atoms with Gasteiger partial charge in [0, 0.05) is 24.0 Å². The van der Waals surface area contributed by atoms with Gasteiger partial charge in [0.2, 0.25) is 0 Å². The number of aromatic nitrogens is 1. The molecular formula is C16H14N2O3. The average Bonchev–Trinajstić information content (AvgIpc) is 2.83. The zero-order valence-corrected chi connectivity index (χ0v) is 11.7. The fourth-order valence-corrected chi connectivity index (χ4v) is 2.56. The molecule has 0 bridgehead atoms. The molecule has 0 N–H and O–H groups in total. The Morgan fingerprint density at radius 3 is 2.62 bits per heavy atom. The second-order valence-electron chi connectivity index (χ2n) is 4.79. The summed E-state index contributed by atoms with van der Waals surface area (Å²) in [5, 5.41) is 12.2. The molecule has 0 aliphatic heterocycles. The molecule has 1 aromatic heterocycles. The average molecular weight is 282 g/mol. The molecule has 0 unspecified atom stereocenters. The maximum atomic E-state index is 11.2. The smallest absolute Gasteiger partial charge is 0.278 e. The molecule has 1 heterocycles. The molecule has 0 atom stereocenters. The monoisotopic (exact) mass is 282 g/mol. The van der Waals surface area contributed by atoms with Gasteiger partial charge >= 0.3 is 0 Å². The van der Waals surface area contributed by atoms with Gasteiger partial charge in [-0.15, -0.1) is 0 Å². The van der Waals surface area contributed by atoms with Crippen LogP contribution >= 0.6 is 0 Å². The summed E-state index contributed by atoms with van der Waals surface area (Å²) in [4.78, 5) is 10.8. The molecule has 3 rings (SSSR count). The molecular weight excluding hydrogens is 268 g/mol. The summed E-state index contributed by atoms with van der Waals surface area (Å²) in [5.41, 5.74) is 2.53. The molecule has 0 fully saturated rings. The molecule has 0 saturated carbocycles. The zero-order chi connectivity index (χ0) is 15.0. The molecule has 0 radical (unpaired) electrons. The molecule has 2 aromatic carbocycles. The van der Waals surface area contributed by atoms with Crippen molar-refractivity contribution in [2.45, 2.75) is 0 Å². The fourth-order valence-electron chi connectivity index (χ4n) is 2.56. The van der Waals surface area contributed by atoms with E-state index in [0.717, 1.165) is 22.3 Å². The van der Waals surface area contributed by atoms with Crippen LogP contribution in [-0.4, -0.2) is 16.6 Å². The maximum absolute atomic E-state index is 11.2. The van der Waals surface area contributed by atoms with Gasteiger partial charge in [0.1, 0.15) is 5.75 Å². The van der Waals surface area contributed by atoms with Crippen LogP contribution < -0.4 is 4.74 Å². The predicted octanol–water partition coefficient (Wildman–Crippen LogP) is 3.76. The van der Waals surface area contributed by atoms with Crippen LogP contribution in [0.2, 0.25) is 0 Å². The molecule has 0 amide bonds. The Labute approximate surface area is 121 Å². The molecule has 5 heteroatoms. The second kappa shape index (κ2) is 4.94. The third kappa shape index (κ3) is 2.12. The summed E-state index contributed by atoms with van der Waals surface area (Å²) in [6.07, 6.45) is 0. The Hall–Kier alpha value is -2.82. The van der Waals surface area contributed by atoms with E-state index in [-0.39, 0.29) is 10.6 Å².